The molecule has 4 heteroatoms. The number of methoxy groups -OCH3 is 1. The van der Waals surface area contributed by atoms with E-state index >= 15 is 0 Å². The summed E-state index contributed by atoms with van der Waals surface area (Å²) < 4.78 is 4.35. The summed E-state index contributed by atoms with van der Waals surface area (Å²) >= 11 is 10.9. The van der Waals surface area contributed by atoms with E-state index in [0.29, 0.717) is 5.57 Å². The van der Waals surface area contributed by atoms with Crippen LogP contribution in [0.1, 0.15) is 6.92 Å². The monoisotopic (exact) mass is 182 g/mol. The minimum absolute atomic E-state index is 0.0671. The Morgan fingerprint density at radius 1 is 1.60 bits per heavy atom. The van der Waals surface area contributed by atoms with E-state index in [4.69, 9.17) is 23.2 Å². The third kappa shape index (κ3) is 2.58. The molecule has 0 aliphatic carbocycles. The molecule has 0 aromatic heterocycles. The van der Waals surface area contributed by atoms with Gasteiger partial charge in [0.25, 0.3) is 0 Å². The number of carbonyl (C=O) groups excluding carboxylic acids is 1. The number of rotatable bonds is 2. The first-order chi connectivity index (χ1) is 4.63. The van der Waals surface area contributed by atoms with Crippen molar-refractivity contribution in [1.29, 1.82) is 0 Å². The molecule has 0 saturated carbocycles. The maximum Gasteiger partial charge on any atom is 0.349 e. The Balaban J connectivity index is 4.30. The van der Waals surface area contributed by atoms with Crippen molar-refractivity contribution in [2.75, 3.05) is 13.0 Å². The Labute approximate surface area is 69.8 Å². The zero-order valence-corrected chi connectivity index (χ0v) is 7.29. The molecule has 10 heavy (non-hydrogen) atoms. The summed E-state index contributed by atoms with van der Waals surface area (Å²) in [5.74, 6) is -0.298. The van der Waals surface area contributed by atoms with Crippen LogP contribution in [0.2, 0.25) is 0 Å². The van der Waals surface area contributed by atoms with Gasteiger partial charge in [0, 0.05) is 5.88 Å². The van der Waals surface area contributed by atoms with Gasteiger partial charge in [0.1, 0.15) is 5.03 Å². The second-order valence-corrected chi connectivity index (χ2v) is 2.36. The maximum atomic E-state index is 10.6. The molecule has 0 rings (SSSR count). The summed E-state index contributed by atoms with van der Waals surface area (Å²) in [6.45, 7) is 1.67. The van der Waals surface area contributed by atoms with Crippen molar-refractivity contribution in [3.63, 3.8) is 0 Å². The number of alkyl halides is 1. The van der Waals surface area contributed by atoms with E-state index in [1.54, 1.807) is 6.92 Å². The minimum atomic E-state index is -0.542. The van der Waals surface area contributed by atoms with Gasteiger partial charge in [-0.3, -0.25) is 0 Å². The van der Waals surface area contributed by atoms with Crippen molar-refractivity contribution in [2.45, 2.75) is 6.92 Å². The summed E-state index contributed by atoms with van der Waals surface area (Å²) in [4.78, 5) is 10.6. The average Bonchev–Trinajstić information content (AvgIpc) is 2.00. The van der Waals surface area contributed by atoms with Crippen LogP contribution in [0.25, 0.3) is 0 Å². The van der Waals surface area contributed by atoms with Gasteiger partial charge < -0.3 is 4.74 Å². The molecule has 0 unspecified atom stereocenters. The predicted molar refractivity (Wildman–Crippen MR) is 41.3 cm³/mol. The van der Waals surface area contributed by atoms with Gasteiger partial charge in [0.05, 0.1) is 7.11 Å². The van der Waals surface area contributed by atoms with Gasteiger partial charge in [-0.2, -0.15) is 0 Å². The summed E-state index contributed by atoms with van der Waals surface area (Å²) in [7, 11) is 1.27. The Morgan fingerprint density at radius 3 is 2.40 bits per heavy atom. The molecule has 58 valence electrons. The summed E-state index contributed by atoms with van der Waals surface area (Å²) in [5.41, 5.74) is 0.621. The van der Waals surface area contributed by atoms with Crippen LogP contribution in [0.5, 0.6) is 0 Å². The summed E-state index contributed by atoms with van der Waals surface area (Å²) in [6.07, 6.45) is 0. The second-order valence-electron chi connectivity index (χ2n) is 1.72. The van der Waals surface area contributed by atoms with Crippen molar-refractivity contribution >= 4 is 29.2 Å². The molecule has 0 bridgehead atoms. The summed E-state index contributed by atoms with van der Waals surface area (Å²) in [6, 6.07) is 0. The molecule has 0 amide bonds. The molecule has 0 fully saturated rings. The van der Waals surface area contributed by atoms with Gasteiger partial charge in [-0.1, -0.05) is 11.6 Å². The highest BCUT2D eigenvalue weighted by atomic mass is 35.5. The molecule has 0 aromatic carbocycles. The molecule has 0 saturated heterocycles. The zero-order valence-electron chi connectivity index (χ0n) is 5.78. The van der Waals surface area contributed by atoms with Crippen LogP contribution in [-0.4, -0.2) is 19.0 Å². The highest BCUT2D eigenvalue weighted by Gasteiger charge is 2.08. The number of ether oxygens (including phenoxy) is 1. The number of hydrogen-bond donors (Lipinski definition) is 0. The Kier molecular flexibility index (Phi) is 4.49. The van der Waals surface area contributed by atoms with Crippen molar-refractivity contribution in [3.8, 4) is 0 Å². The van der Waals surface area contributed by atoms with E-state index in [-0.39, 0.29) is 10.9 Å². The Hall–Kier alpha value is -0.210. The first-order valence-electron chi connectivity index (χ1n) is 2.63. The number of esters is 1. The molecule has 0 N–H and O–H groups in total. The molecule has 0 aliphatic heterocycles. The molecule has 0 heterocycles. The zero-order chi connectivity index (χ0) is 8.15. The topological polar surface area (TPSA) is 26.3 Å². The van der Waals surface area contributed by atoms with E-state index in [1.165, 1.54) is 7.11 Å². The van der Waals surface area contributed by atoms with Gasteiger partial charge in [-0.15, -0.1) is 11.6 Å². The lowest BCUT2D eigenvalue weighted by atomic mass is 10.3. The minimum Gasteiger partial charge on any atom is -0.465 e. The van der Waals surface area contributed by atoms with Crippen LogP contribution in [-0.2, 0) is 9.53 Å². The standard InChI is InChI=1S/C6H8Cl2O2/c1-4(3-7)5(8)6(9)10-2/h3H2,1-2H3/b5-4+. The SMILES string of the molecule is COC(=O)/C(Cl)=C(/C)CCl. The van der Waals surface area contributed by atoms with Crippen molar-refractivity contribution in [1.82, 2.24) is 0 Å². The number of hydrogen-bond acceptors (Lipinski definition) is 2. The van der Waals surface area contributed by atoms with E-state index in [9.17, 15) is 4.79 Å². The molecule has 0 spiro atoms. The summed E-state index contributed by atoms with van der Waals surface area (Å²) in [5, 5.41) is 0.0671. The van der Waals surface area contributed by atoms with Crippen LogP contribution < -0.4 is 0 Å². The van der Waals surface area contributed by atoms with Gasteiger partial charge in [-0.05, 0) is 12.5 Å². The normalized spacial score (nSPS) is 12.4. The predicted octanol–water partition coefficient (Wildman–Crippen LogP) is 1.91. The molecule has 2 nitrogen and oxygen atoms in total. The van der Waals surface area contributed by atoms with Crippen LogP contribution in [0, 0.1) is 0 Å². The van der Waals surface area contributed by atoms with E-state index in [2.05, 4.69) is 4.74 Å². The Morgan fingerprint density at radius 2 is 2.10 bits per heavy atom. The second kappa shape index (κ2) is 4.58. The fraction of sp³-hybridized carbons (Fsp3) is 0.500. The quantitative estimate of drug-likeness (QED) is 0.371. The fourth-order valence-corrected chi connectivity index (χ4v) is 0.668. The number of halogens is 2. The van der Waals surface area contributed by atoms with Crippen molar-refractivity contribution in [3.05, 3.63) is 10.6 Å². The average molecular weight is 183 g/mol. The molecule has 0 radical (unpaired) electrons. The van der Waals surface area contributed by atoms with Crippen LogP contribution in [0.15, 0.2) is 10.6 Å². The van der Waals surface area contributed by atoms with Gasteiger partial charge >= 0.3 is 5.97 Å². The molecule has 0 aromatic rings. The van der Waals surface area contributed by atoms with Crippen LogP contribution in [0.4, 0.5) is 0 Å². The first kappa shape index (κ1) is 9.79. The smallest absolute Gasteiger partial charge is 0.349 e. The van der Waals surface area contributed by atoms with E-state index in [1.807, 2.05) is 0 Å². The highest BCUT2D eigenvalue weighted by Crippen LogP contribution is 2.11. The van der Waals surface area contributed by atoms with Gasteiger partial charge in [0.2, 0.25) is 0 Å². The van der Waals surface area contributed by atoms with E-state index < -0.39 is 5.97 Å². The lowest BCUT2D eigenvalue weighted by Crippen LogP contribution is -2.02. The first-order valence-corrected chi connectivity index (χ1v) is 3.54. The molecule has 0 atom stereocenters. The van der Waals surface area contributed by atoms with Crippen LogP contribution in [0.3, 0.4) is 0 Å². The maximum absolute atomic E-state index is 10.6. The molecular formula is C6H8Cl2O2. The number of carbonyl (C=O) groups is 1. The lowest BCUT2D eigenvalue weighted by Gasteiger charge is -1.98. The van der Waals surface area contributed by atoms with Gasteiger partial charge in [-0.25, -0.2) is 4.79 Å². The van der Waals surface area contributed by atoms with Gasteiger partial charge in [0.15, 0.2) is 0 Å². The Bertz CT molecular complexity index is 163. The van der Waals surface area contributed by atoms with Crippen LogP contribution >= 0.6 is 23.2 Å². The van der Waals surface area contributed by atoms with Crippen molar-refractivity contribution in [2.24, 2.45) is 0 Å². The third-order valence-corrected chi connectivity index (χ3v) is 1.82. The highest BCUT2D eigenvalue weighted by molar-refractivity contribution is 6.42. The fourth-order valence-electron chi connectivity index (χ4n) is 0.322. The lowest BCUT2D eigenvalue weighted by molar-refractivity contribution is -0.135. The molecular weight excluding hydrogens is 175 g/mol. The van der Waals surface area contributed by atoms with Crippen molar-refractivity contribution < 1.29 is 9.53 Å². The third-order valence-electron chi connectivity index (χ3n) is 0.940. The molecule has 0 aliphatic rings. The largest absolute Gasteiger partial charge is 0.465 e. The van der Waals surface area contributed by atoms with E-state index in [0.717, 1.165) is 0 Å². The number of allylic oxidation sites excluding steroid dienone is 1.